The first-order chi connectivity index (χ1) is 8.63. The maximum absolute atomic E-state index is 6.03. The minimum atomic E-state index is -0.199. The number of methoxy groups -OCH3 is 1. The Labute approximate surface area is 113 Å². The van der Waals surface area contributed by atoms with E-state index in [0.717, 1.165) is 18.4 Å². The van der Waals surface area contributed by atoms with Crippen molar-refractivity contribution in [1.29, 1.82) is 0 Å². The van der Waals surface area contributed by atoms with Gasteiger partial charge in [0.25, 0.3) is 0 Å². The standard InChI is InChI=1S/C13H20ClN3O/c1-16-11(13(18-2)5-3-4-6-13)10-7-9(14)8-17-12(10)15/h7-8,11,16H,3-6H2,1-2H3,(H2,15,17). The molecule has 0 bridgehead atoms. The van der Waals surface area contributed by atoms with Crippen molar-refractivity contribution in [2.24, 2.45) is 0 Å². The van der Waals surface area contributed by atoms with Gasteiger partial charge in [0, 0.05) is 18.9 Å². The first-order valence-electron chi connectivity index (χ1n) is 6.26. The molecule has 0 spiro atoms. The average Bonchev–Trinajstić information content (AvgIpc) is 2.84. The Kier molecular flexibility index (Phi) is 4.10. The summed E-state index contributed by atoms with van der Waals surface area (Å²) in [4.78, 5) is 4.13. The van der Waals surface area contributed by atoms with E-state index >= 15 is 0 Å². The van der Waals surface area contributed by atoms with Gasteiger partial charge in [-0.25, -0.2) is 4.98 Å². The van der Waals surface area contributed by atoms with Crippen molar-refractivity contribution in [3.8, 4) is 0 Å². The molecule has 1 atom stereocenters. The molecule has 0 aromatic carbocycles. The third kappa shape index (κ3) is 2.32. The van der Waals surface area contributed by atoms with Crippen LogP contribution in [0.15, 0.2) is 12.3 Å². The largest absolute Gasteiger partial charge is 0.383 e. The van der Waals surface area contributed by atoms with Crippen LogP contribution in [-0.2, 0) is 4.74 Å². The molecular weight excluding hydrogens is 250 g/mol. The van der Waals surface area contributed by atoms with Crippen molar-refractivity contribution in [3.63, 3.8) is 0 Å². The normalized spacial score (nSPS) is 19.9. The van der Waals surface area contributed by atoms with Crippen LogP contribution in [-0.4, -0.2) is 24.7 Å². The van der Waals surface area contributed by atoms with Crippen molar-refractivity contribution >= 4 is 17.4 Å². The lowest BCUT2D eigenvalue weighted by Gasteiger charge is -2.36. The van der Waals surface area contributed by atoms with Crippen LogP contribution in [0.25, 0.3) is 0 Å². The maximum Gasteiger partial charge on any atom is 0.128 e. The van der Waals surface area contributed by atoms with Crippen molar-refractivity contribution < 1.29 is 4.74 Å². The number of likely N-dealkylation sites (N-methyl/N-ethyl adjacent to an activating group) is 1. The van der Waals surface area contributed by atoms with Gasteiger partial charge in [-0.1, -0.05) is 24.4 Å². The smallest absolute Gasteiger partial charge is 0.128 e. The summed E-state index contributed by atoms with van der Waals surface area (Å²) >= 11 is 6.03. The summed E-state index contributed by atoms with van der Waals surface area (Å²) in [5.41, 5.74) is 6.71. The third-order valence-corrected chi connectivity index (χ3v) is 4.11. The highest BCUT2D eigenvalue weighted by Gasteiger charge is 2.42. The van der Waals surface area contributed by atoms with Gasteiger partial charge in [0.05, 0.1) is 16.7 Å². The zero-order valence-electron chi connectivity index (χ0n) is 10.9. The van der Waals surface area contributed by atoms with Gasteiger partial charge in [-0.2, -0.15) is 0 Å². The average molecular weight is 270 g/mol. The fourth-order valence-electron chi connectivity index (χ4n) is 2.98. The maximum atomic E-state index is 6.03. The molecule has 1 fully saturated rings. The van der Waals surface area contributed by atoms with Crippen LogP contribution in [0.5, 0.6) is 0 Å². The zero-order chi connectivity index (χ0) is 13.2. The molecule has 0 saturated heterocycles. The van der Waals surface area contributed by atoms with Crippen LogP contribution in [0, 0.1) is 0 Å². The highest BCUT2D eigenvalue weighted by molar-refractivity contribution is 6.30. The summed E-state index contributed by atoms with van der Waals surface area (Å²) in [6.07, 6.45) is 5.99. The number of hydrogen-bond donors (Lipinski definition) is 2. The van der Waals surface area contributed by atoms with E-state index in [9.17, 15) is 0 Å². The quantitative estimate of drug-likeness (QED) is 0.882. The Morgan fingerprint density at radius 1 is 1.50 bits per heavy atom. The van der Waals surface area contributed by atoms with E-state index in [4.69, 9.17) is 22.1 Å². The molecule has 4 nitrogen and oxygen atoms in total. The van der Waals surface area contributed by atoms with Gasteiger partial charge in [-0.3, -0.25) is 0 Å². The molecule has 1 heterocycles. The van der Waals surface area contributed by atoms with E-state index in [1.165, 1.54) is 12.8 Å². The van der Waals surface area contributed by atoms with Crippen molar-refractivity contribution in [1.82, 2.24) is 10.3 Å². The number of aromatic nitrogens is 1. The number of halogens is 1. The molecule has 3 N–H and O–H groups in total. The van der Waals surface area contributed by atoms with Crippen LogP contribution < -0.4 is 11.1 Å². The Bertz CT molecular complexity index is 419. The number of pyridine rings is 1. The second-order valence-electron chi connectivity index (χ2n) is 4.83. The van der Waals surface area contributed by atoms with Crippen LogP contribution >= 0.6 is 11.6 Å². The lowest BCUT2D eigenvalue weighted by Crippen LogP contribution is -2.42. The fourth-order valence-corrected chi connectivity index (χ4v) is 3.15. The van der Waals surface area contributed by atoms with E-state index in [1.54, 1.807) is 13.3 Å². The van der Waals surface area contributed by atoms with E-state index in [1.807, 2.05) is 13.1 Å². The van der Waals surface area contributed by atoms with Crippen LogP contribution in [0.1, 0.15) is 37.3 Å². The first-order valence-corrected chi connectivity index (χ1v) is 6.64. The SMILES string of the molecule is CNC(c1cc(Cl)cnc1N)C1(OC)CCCC1. The van der Waals surface area contributed by atoms with Gasteiger partial charge in [-0.15, -0.1) is 0 Å². The molecule has 0 aliphatic heterocycles. The first kappa shape index (κ1) is 13.6. The Morgan fingerprint density at radius 3 is 2.72 bits per heavy atom. The lowest BCUT2D eigenvalue weighted by atomic mass is 9.87. The van der Waals surface area contributed by atoms with Crippen LogP contribution in [0.4, 0.5) is 5.82 Å². The second-order valence-corrected chi connectivity index (χ2v) is 5.26. The van der Waals surface area contributed by atoms with Crippen molar-refractivity contribution in [2.45, 2.75) is 37.3 Å². The number of ether oxygens (including phenoxy) is 1. The molecule has 1 aromatic heterocycles. The fraction of sp³-hybridized carbons (Fsp3) is 0.615. The molecule has 1 unspecified atom stereocenters. The molecule has 0 amide bonds. The minimum absolute atomic E-state index is 0.0243. The van der Waals surface area contributed by atoms with Gasteiger partial charge in [0.1, 0.15) is 5.82 Å². The van der Waals surface area contributed by atoms with E-state index in [2.05, 4.69) is 10.3 Å². The second kappa shape index (κ2) is 5.43. The third-order valence-electron chi connectivity index (χ3n) is 3.90. The Morgan fingerprint density at radius 2 is 2.17 bits per heavy atom. The number of anilines is 1. The predicted molar refractivity (Wildman–Crippen MR) is 73.7 cm³/mol. The van der Waals surface area contributed by atoms with Gasteiger partial charge < -0.3 is 15.8 Å². The predicted octanol–water partition coefficient (Wildman–Crippen LogP) is 2.54. The topological polar surface area (TPSA) is 60.2 Å². The number of hydrogen-bond acceptors (Lipinski definition) is 4. The monoisotopic (exact) mass is 269 g/mol. The molecule has 1 saturated carbocycles. The van der Waals surface area contributed by atoms with E-state index < -0.39 is 0 Å². The molecule has 1 aliphatic rings. The molecule has 1 aliphatic carbocycles. The van der Waals surface area contributed by atoms with Gasteiger partial charge in [-0.05, 0) is 26.0 Å². The minimum Gasteiger partial charge on any atom is -0.383 e. The number of nitrogens with zero attached hydrogens (tertiary/aromatic N) is 1. The summed E-state index contributed by atoms with van der Waals surface area (Å²) in [6.45, 7) is 0. The van der Waals surface area contributed by atoms with E-state index in [0.29, 0.717) is 10.8 Å². The highest BCUT2D eigenvalue weighted by atomic mass is 35.5. The van der Waals surface area contributed by atoms with Crippen LogP contribution in [0.2, 0.25) is 5.02 Å². The molecule has 5 heteroatoms. The van der Waals surface area contributed by atoms with Gasteiger partial charge in [0.2, 0.25) is 0 Å². The lowest BCUT2D eigenvalue weighted by molar-refractivity contribution is -0.0347. The summed E-state index contributed by atoms with van der Waals surface area (Å²) in [5.74, 6) is 0.516. The van der Waals surface area contributed by atoms with E-state index in [-0.39, 0.29) is 11.6 Å². The van der Waals surface area contributed by atoms with Gasteiger partial charge in [0.15, 0.2) is 0 Å². The molecule has 1 aromatic rings. The number of nitrogen functional groups attached to an aromatic ring is 1. The molecule has 18 heavy (non-hydrogen) atoms. The molecule has 2 rings (SSSR count). The number of nitrogens with two attached hydrogens (primary N) is 1. The molecule has 0 radical (unpaired) electrons. The zero-order valence-corrected chi connectivity index (χ0v) is 11.6. The Hall–Kier alpha value is -0.840. The van der Waals surface area contributed by atoms with Crippen LogP contribution in [0.3, 0.4) is 0 Å². The molecule has 100 valence electrons. The summed E-state index contributed by atoms with van der Waals surface area (Å²) in [7, 11) is 3.69. The summed E-state index contributed by atoms with van der Waals surface area (Å²) in [5, 5.41) is 3.92. The van der Waals surface area contributed by atoms with Crippen molar-refractivity contribution in [2.75, 3.05) is 19.9 Å². The molecular formula is C13H20ClN3O. The van der Waals surface area contributed by atoms with Crippen molar-refractivity contribution in [3.05, 3.63) is 22.8 Å². The highest BCUT2D eigenvalue weighted by Crippen LogP contribution is 2.43. The Balaban J connectivity index is 2.40. The number of rotatable bonds is 4. The summed E-state index contributed by atoms with van der Waals surface area (Å²) < 4.78 is 5.81. The summed E-state index contributed by atoms with van der Waals surface area (Å²) in [6, 6.07) is 1.90. The van der Waals surface area contributed by atoms with Gasteiger partial charge >= 0.3 is 0 Å². The number of nitrogens with one attached hydrogen (secondary N) is 1.